The fourth-order valence-corrected chi connectivity index (χ4v) is 2.81. The van der Waals surface area contributed by atoms with E-state index < -0.39 is 0 Å². The second-order valence-electron chi connectivity index (χ2n) is 4.12. The van der Waals surface area contributed by atoms with Crippen molar-refractivity contribution in [3.05, 3.63) is 16.6 Å². The van der Waals surface area contributed by atoms with Crippen LogP contribution in [0, 0.1) is 11.8 Å². The fourth-order valence-electron chi connectivity index (χ4n) is 2.21. The number of nitrogens with two attached hydrogens (primary N) is 1. The van der Waals surface area contributed by atoms with Crippen LogP contribution in [0.15, 0.2) is 10.9 Å². The lowest BCUT2D eigenvalue weighted by atomic mass is 9.96. The second kappa shape index (κ2) is 3.76. The Morgan fingerprint density at radius 1 is 1.62 bits per heavy atom. The minimum Gasteiger partial charge on any atom is -0.322 e. The standard InChI is InChI=1S/C10H16N2S/c1-7-2-3-8(4-7)10(11)9-5-13-6-12-9/h5-8,10H,2-4,11H2,1H3. The molecule has 3 heteroatoms. The Morgan fingerprint density at radius 2 is 2.46 bits per heavy atom. The molecule has 1 aliphatic carbocycles. The highest BCUT2D eigenvalue weighted by molar-refractivity contribution is 7.07. The summed E-state index contributed by atoms with van der Waals surface area (Å²) in [6.07, 6.45) is 3.89. The third kappa shape index (κ3) is 1.92. The van der Waals surface area contributed by atoms with Crippen LogP contribution in [-0.4, -0.2) is 4.98 Å². The van der Waals surface area contributed by atoms with Gasteiger partial charge in [0.05, 0.1) is 17.2 Å². The molecule has 1 fully saturated rings. The van der Waals surface area contributed by atoms with E-state index in [0.29, 0.717) is 5.92 Å². The molecule has 2 nitrogen and oxygen atoms in total. The van der Waals surface area contributed by atoms with Crippen LogP contribution in [0.3, 0.4) is 0 Å². The first-order valence-electron chi connectivity index (χ1n) is 4.91. The Labute approximate surface area is 83.2 Å². The van der Waals surface area contributed by atoms with Crippen LogP contribution in [0.2, 0.25) is 0 Å². The fraction of sp³-hybridized carbons (Fsp3) is 0.700. The van der Waals surface area contributed by atoms with E-state index in [2.05, 4.69) is 17.3 Å². The van der Waals surface area contributed by atoms with Crippen molar-refractivity contribution in [3.8, 4) is 0 Å². The highest BCUT2D eigenvalue weighted by Crippen LogP contribution is 2.37. The van der Waals surface area contributed by atoms with Crippen molar-refractivity contribution in [3.63, 3.8) is 0 Å². The van der Waals surface area contributed by atoms with Gasteiger partial charge in [0.1, 0.15) is 0 Å². The Morgan fingerprint density at radius 3 is 3.00 bits per heavy atom. The van der Waals surface area contributed by atoms with Crippen LogP contribution in [0.25, 0.3) is 0 Å². The molecule has 3 unspecified atom stereocenters. The number of nitrogens with zero attached hydrogens (tertiary/aromatic N) is 1. The zero-order valence-corrected chi connectivity index (χ0v) is 8.76. The van der Waals surface area contributed by atoms with Gasteiger partial charge in [0.15, 0.2) is 0 Å². The summed E-state index contributed by atoms with van der Waals surface area (Å²) >= 11 is 1.64. The minimum absolute atomic E-state index is 0.177. The number of hydrogen-bond acceptors (Lipinski definition) is 3. The lowest BCUT2D eigenvalue weighted by Crippen LogP contribution is -2.19. The molecular weight excluding hydrogens is 180 g/mol. The predicted molar refractivity (Wildman–Crippen MR) is 55.5 cm³/mol. The van der Waals surface area contributed by atoms with Gasteiger partial charge in [-0.25, -0.2) is 4.98 Å². The molecule has 2 rings (SSSR count). The van der Waals surface area contributed by atoms with Crippen molar-refractivity contribution < 1.29 is 0 Å². The van der Waals surface area contributed by atoms with Crippen molar-refractivity contribution in [2.24, 2.45) is 17.6 Å². The molecule has 0 radical (unpaired) electrons. The summed E-state index contributed by atoms with van der Waals surface area (Å²) in [6.45, 7) is 2.31. The van der Waals surface area contributed by atoms with Crippen molar-refractivity contribution in [1.29, 1.82) is 0 Å². The lowest BCUT2D eigenvalue weighted by Gasteiger charge is -2.16. The molecule has 13 heavy (non-hydrogen) atoms. The van der Waals surface area contributed by atoms with Gasteiger partial charge >= 0.3 is 0 Å². The molecule has 1 aromatic rings. The summed E-state index contributed by atoms with van der Waals surface area (Å²) in [6, 6.07) is 0.177. The maximum Gasteiger partial charge on any atom is 0.0795 e. The maximum atomic E-state index is 6.15. The van der Waals surface area contributed by atoms with Gasteiger partial charge < -0.3 is 5.73 Å². The second-order valence-corrected chi connectivity index (χ2v) is 4.84. The van der Waals surface area contributed by atoms with Crippen LogP contribution < -0.4 is 5.73 Å². The summed E-state index contributed by atoms with van der Waals surface area (Å²) in [5, 5.41) is 2.08. The average Bonchev–Trinajstić information content (AvgIpc) is 2.72. The van der Waals surface area contributed by atoms with E-state index in [4.69, 9.17) is 5.73 Å². The van der Waals surface area contributed by atoms with Gasteiger partial charge in [0.25, 0.3) is 0 Å². The summed E-state index contributed by atoms with van der Waals surface area (Å²) in [5.41, 5.74) is 9.11. The molecule has 1 saturated carbocycles. The quantitative estimate of drug-likeness (QED) is 0.789. The summed E-state index contributed by atoms with van der Waals surface area (Å²) < 4.78 is 0. The van der Waals surface area contributed by atoms with E-state index in [-0.39, 0.29) is 6.04 Å². The molecule has 3 atom stereocenters. The molecule has 0 aromatic carbocycles. The third-order valence-electron chi connectivity index (χ3n) is 3.04. The van der Waals surface area contributed by atoms with E-state index in [1.807, 2.05) is 5.51 Å². The number of thiazole rings is 1. The number of rotatable bonds is 2. The molecular formula is C10H16N2S. The van der Waals surface area contributed by atoms with Gasteiger partial charge in [-0.2, -0.15) is 0 Å². The van der Waals surface area contributed by atoms with Gasteiger partial charge in [-0.3, -0.25) is 0 Å². The van der Waals surface area contributed by atoms with Gasteiger partial charge in [-0.1, -0.05) is 13.3 Å². The zero-order valence-electron chi connectivity index (χ0n) is 7.94. The van der Waals surface area contributed by atoms with Crippen molar-refractivity contribution in [2.75, 3.05) is 0 Å². The molecule has 0 amide bonds. The Bertz CT molecular complexity index is 258. The molecule has 1 aliphatic rings. The largest absolute Gasteiger partial charge is 0.322 e. The average molecular weight is 196 g/mol. The Balaban J connectivity index is 2.02. The molecule has 0 saturated heterocycles. The molecule has 0 aliphatic heterocycles. The van der Waals surface area contributed by atoms with Gasteiger partial charge in [0, 0.05) is 5.38 Å². The first-order chi connectivity index (χ1) is 6.27. The van der Waals surface area contributed by atoms with Crippen LogP contribution in [0.1, 0.15) is 37.9 Å². The lowest BCUT2D eigenvalue weighted by molar-refractivity contribution is 0.423. The van der Waals surface area contributed by atoms with Crippen LogP contribution in [0.5, 0.6) is 0 Å². The van der Waals surface area contributed by atoms with Gasteiger partial charge in [0.2, 0.25) is 0 Å². The summed E-state index contributed by atoms with van der Waals surface area (Å²) in [4.78, 5) is 4.28. The van der Waals surface area contributed by atoms with Gasteiger partial charge in [-0.05, 0) is 24.7 Å². The normalized spacial score (nSPS) is 30.6. The molecule has 1 heterocycles. The van der Waals surface area contributed by atoms with Crippen LogP contribution >= 0.6 is 11.3 Å². The molecule has 2 N–H and O–H groups in total. The molecule has 72 valence electrons. The van der Waals surface area contributed by atoms with E-state index in [1.165, 1.54) is 19.3 Å². The maximum absolute atomic E-state index is 6.15. The Kier molecular flexibility index (Phi) is 2.65. The smallest absolute Gasteiger partial charge is 0.0795 e. The monoisotopic (exact) mass is 196 g/mol. The summed E-state index contributed by atoms with van der Waals surface area (Å²) in [5.74, 6) is 1.52. The first kappa shape index (κ1) is 9.16. The van der Waals surface area contributed by atoms with Crippen molar-refractivity contribution in [1.82, 2.24) is 4.98 Å². The number of aromatic nitrogens is 1. The third-order valence-corrected chi connectivity index (χ3v) is 3.64. The van der Waals surface area contributed by atoms with Crippen LogP contribution in [-0.2, 0) is 0 Å². The highest BCUT2D eigenvalue weighted by atomic mass is 32.1. The first-order valence-corrected chi connectivity index (χ1v) is 5.85. The molecule has 0 spiro atoms. The van der Waals surface area contributed by atoms with E-state index >= 15 is 0 Å². The van der Waals surface area contributed by atoms with E-state index in [0.717, 1.165) is 11.6 Å². The van der Waals surface area contributed by atoms with E-state index in [9.17, 15) is 0 Å². The van der Waals surface area contributed by atoms with Crippen molar-refractivity contribution in [2.45, 2.75) is 32.2 Å². The molecule has 1 aromatic heterocycles. The predicted octanol–water partition coefficient (Wildman–Crippen LogP) is 2.58. The zero-order chi connectivity index (χ0) is 9.26. The Hall–Kier alpha value is -0.410. The highest BCUT2D eigenvalue weighted by Gasteiger charge is 2.28. The minimum atomic E-state index is 0.177. The van der Waals surface area contributed by atoms with Gasteiger partial charge in [-0.15, -0.1) is 11.3 Å². The molecule has 0 bridgehead atoms. The summed E-state index contributed by atoms with van der Waals surface area (Å²) in [7, 11) is 0. The van der Waals surface area contributed by atoms with E-state index in [1.54, 1.807) is 11.3 Å². The number of hydrogen-bond donors (Lipinski definition) is 1. The van der Waals surface area contributed by atoms with Crippen LogP contribution in [0.4, 0.5) is 0 Å². The SMILES string of the molecule is CC1CCC(C(N)c2cscn2)C1. The van der Waals surface area contributed by atoms with Crippen molar-refractivity contribution >= 4 is 11.3 Å². The topological polar surface area (TPSA) is 38.9 Å².